The molecule has 1 rings (SSSR count). The largest absolute Gasteiger partial charge is 0.426 e. The second kappa shape index (κ2) is 4.53. The van der Waals surface area contributed by atoms with Crippen molar-refractivity contribution in [2.75, 3.05) is 0 Å². The molecule has 0 atom stereocenters. The second-order valence-electron chi connectivity index (χ2n) is 2.91. The molecule has 0 aliphatic rings. The van der Waals surface area contributed by atoms with Crippen LogP contribution in [-0.4, -0.2) is 11.5 Å². The van der Waals surface area contributed by atoms with E-state index in [1.165, 1.54) is 13.0 Å². The fraction of sp³-hybridized carbons (Fsp3) is 0.222. The maximum Gasteiger partial charge on any atom is 0.387 e. The zero-order chi connectivity index (χ0) is 12.3. The number of nitrogens with zero attached hydrogens (tertiary/aromatic N) is 2. The molecular weight excluding hydrogens is 222 g/mol. The molecule has 0 fully saturated rings. The van der Waals surface area contributed by atoms with Crippen LogP contribution in [0, 0.1) is 28.4 Å². The molecule has 0 aliphatic heterocycles. The van der Waals surface area contributed by atoms with Gasteiger partial charge in [0, 0.05) is 6.07 Å². The molecule has 0 bridgehead atoms. The SMILES string of the molecule is Cc1cc(C#N)c(OC(F)F)c([N+](=O)[O-])c1. The monoisotopic (exact) mass is 228 g/mol. The van der Waals surface area contributed by atoms with Crippen molar-refractivity contribution in [2.24, 2.45) is 0 Å². The minimum absolute atomic E-state index is 0.285. The van der Waals surface area contributed by atoms with Gasteiger partial charge in [0.25, 0.3) is 0 Å². The normalized spacial score (nSPS) is 9.94. The molecule has 0 aromatic heterocycles. The molecule has 5 nitrogen and oxygen atoms in total. The summed E-state index contributed by atoms with van der Waals surface area (Å²) in [6, 6.07) is 3.88. The Morgan fingerprint density at radius 3 is 2.62 bits per heavy atom. The van der Waals surface area contributed by atoms with Gasteiger partial charge in [-0.2, -0.15) is 14.0 Å². The molecule has 0 saturated heterocycles. The highest BCUT2D eigenvalue weighted by atomic mass is 19.3. The van der Waals surface area contributed by atoms with Gasteiger partial charge in [-0.1, -0.05) is 0 Å². The van der Waals surface area contributed by atoms with E-state index in [1.807, 2.05) is 0 Å². The van der Waals surface area contributed by atoms with E-state index < -0.39 is 23.0 Å². The first-order valence-corrected chi connectivity index (χ1v) is 4.09. The lowest BCUT2D eigenvalue weighted by Gasteiger charge is -2.07. The molecular formula is C9H6F2N2O3. The van der Waals surface area contributed by atoms with Crippen LogP contribution in [0.25, 0.3) is 0 Å². The van der Waals surface area contributed by atoms with E-state index in [0.29, 0.717) is 5.56 Å². The van der Waals surface area contributed by atoms with Crippen molar-refractivity contribution in [3.05, 3.63) is 33.4 Å². The van der Waals surface area contributed by atoms with E-state index in [1.54, 1.807) is 6.07 Å². The number of nitriles is 1. The van der Waals surface area contributed by atoms with Gasteiger partial charge in [0.1, 0.15) is 11.6 Å². The van der Waals surface area contributed by atoms with Gasteiger partial charge in [0.2, 0.25) is 5.75 Å². The summed E-state index contributed by atoms with van der Waals surface area (Å²) < 4.78 is 28.0. The topological polar surface area (TPSA) is 76.2 Å². The lowest BCUT2D eigenvalue weighted by molar-refractivity contribution is -0.386. The Hall–Kier alpha value is -2.23. The van der Waals surface area contributed by atoms with E-state index in [2.05, 4.69) is 4.74 Å². The minimum atomic E-state index is -3.21. The Morgan fingerprint density at radius 2 is 2.19 bits per heavy atom. The molecule has 0 aliphatic carbocycles. The molecule has 0 saturated carbocycles. The molecule has 16 heavy (non-hydrogen) atoms. The lowest BCUT2D eigenvalue weighted by Crippen LogP contribution is -2.06. The molecule has 0 amide bonds. The van der Waals surface area contributed by atoms with Crippen molar-refractivity contribution < 1.29 is 18.4 Å². The molecule has 1 aromatic rings. The number of halogens is 2. The molecule has 0 unspecified atom stereocenters. The van der Waals surface area contributed by atoms with E-state index in [0.717, 1.165) is 6.07 Å². The van der Waals surface area contributed by atoms with Crippen LogP contribution in [0.15, 0.2) is 12.1 Å². The van der Waals surface area contributed by atoms with Crippen LogP contribution < -0.4 is 4.74 Å². The number of ether oxygens (including phenoxy) is 1. The smallest absolute Gasteiger partial charge is 0.387 e. The standard InChI is InChI=1S/C9H6F2N2O3/c1-5-2-6(4-12)8(16-9(10)11)7(3-5)13(14)15/h2-3,9H,1H3. The van der Waals surface area contributed by atoms with Gasteiger partial charge in [-0.25, -0.2) is 0 Å². The average molecular weight is 228 g/mol. The highest BCUT2D eigenvalue weighted by molar-refractivity contribution is 5.58. The number of hydrogen-bond acceptors (Lipinski definition) is 4. The lowest BCUT2D eigenvalue weighted by atomic mass is 10.1. The van der Waals surface area contributed by atoms with Gasteiger partial charge in [0.05, 0.1) is 4.92 Å². The molecule has 84 valence electrons. The number of nitro groups is 1. The van der Waals surface area contributed by atoms with Crippen LogP contribution in [0.5, 0.6) is 5.75 Å². The summed E-state index contributed by atoms with van der Waals surface area (Å²) in [6.07, 6.45) is 0. The molecule has 0 N–H and O–H groups in total. The summed E-state index contributed by atoms with van der Waals surface area (Å²) in [5, 5.41) is 19.3. The number of hydrogen-bond donors (Lipinski definition) is 0. The third kappa shape index (κ3) is 2.42. The Bertz CT molecular complexity index is 469. The Labute approximate surface area is 89.0 Å². The minimum Gasteiger partial charge on any atom is -0.426 e. The summed E-state index contributed by atoms with van der Waals surface area (Å²) in [6.45, 7) is -1.70. The van der Waals surface area contributed by atoms with Crippen molar-refractivity contribution in [3.8, 4) is 11.8 Å². The van der Waals surface area contributed by atoms with Crippen LogP contribution in [0.4, 0.5) is 14.5 Å². The maximum absolute atomic E-state index is 12.0. The van der Waals surface area contributed by atoms with Gasteiger partial charge >= 0.3 is 12.3 Å². The number of aryl methyl sites for hydroxylation is 1. The summed E-state index contributed by atoms with van der Waals surface area (Å²) >= 11 is 0. The van der Waals surface area contributed by atoms with E-state index in [4.69, 9.17) is 5.26 Å². The number of rotatable bonds is 3. The third-order valence-electron chi connectivity index (χ3n) is 1.74. The number of alkyl halides is 2. The van der Waals surface area contributed by atoms with Crippen molar-refractivity contribution >= 4 is 5.69 Å². The first-order valence-electron chi connectivity index (χ1n) is 4.09. The number of nitro benzene ring substituents is 1. The third-order valence-corrected chi connectivity index (χ3v) is 1.74. The number of benzene rings is 1. The van der Waals surface area contributed by atoms with Gasteiger partial charge < -0.3 is 4.74 Å². The fourth-order valence-electron chi connectivity index (χ4n) is 1.19. The van der Waals surface area contributed by atoms with E-state index in [9.17, 15) is 18.9 Å². The van der Waals surface area contributed by atoms with Gasteiger partial charge in [-0.15, -0.1) is 0 Å². The van der Waals surface area contributed by atoms with E-state index >= 15 is 0 Å². The zero-order valence-corrected chi connectivity index (χ0v) is 8.11. The van der Waals surface area contributed by atoms with Crippen LogP contribution in [0.2, 0.25) is 0 Å². The van der Waals surface area contributed by atoms with Crippen LogP contribution in [0.1, 0.15) is 11.1 Å². The van der Waals surface area contributed by atoms with Crippen molar-refractivity contribution in [1.29, 1.82) is 5.26 Å². The van der Waals surface area contributed by atoms with Crippen molar-refractivity contribution in [3.63, 3.8) is 0 Å². The van der Waals surface area contributed by atoms with E-state index in [-0.39, 0.29) is 5.56 Å². The molecule has 1 aromatic carbocycles. The Balaban J connectivity index is 3.40. The predicted octanol–water partition coefficient (Wildman–Crippen LogP) is 2.38. The molecule has 7 heteroatoms. The maximum atomic E-state index is 12.0. The highest BCUT2D eigenvalue weighted by Crippen LogP contribution is 2.33. The van der Waals surface area contributed by atoms with Crippen LogP contribution in [0.3, 0.4) is 0 Å². The Morgan fingerprint density at radius 1 is 1.56 bits per heavy atom. The highest BCUT2D eigenvalue weighted by Gasteiger charge is 2.23. The molecule has 0 heterocycles. The molecule has 0 spiro atoms. The quantitative estimate of drug-likeness (QED) is 0.587. The summed E-state index contributed by atoms with van der Waals surface area (Å²) in [5.74, 6) is -0.701. The first kappa shape index (κ1) is 11.8. The van der Waals surface area contributed by atoms with Crippen LogP contribution in [-0.2, 0) is 0 Å². The van der Waals surface area contributed by atoms with Gasteiger partial charge in [-0.3, -0.25) is 10.1 Å². The fourth-order valence-corrected chi connectivity index (χ4v) is 1.19. The Kier molecular flexibility index (Phi) is 3.35. The average Bonchev–Trinajstić information content (AvgIpc) is 2.19. The van der Waals surface area contributed by atoms with Crippen molar-refractivity contribution in [1.82, 2.24) is 0 Å². The summed E-state index contributed by atoms with van der Waals surface area (Å²) in [4.78, 5) is 9.73. The molecule has 0 radical (unpaired) electrons. The predicted molar refractivity (Wildman–Crippen MR) is 49.2 cm³/mol. The van der Waals surface area contributed by atoms with Crippen LogP contribution >= 0.6 is 0 Å². The first-order chi connectivity index (χ1) is 7.45. The summed E-state index contributed by atoms with van der Waals surface area (Å²) in [5.41, 5.74) is -0.506. The van der Waals surface area contributed by atoms with Gasteiger partial charge in [-0.05, 0) is 18.6 Å². The van der Waals surface area contributed by atoms with Gasteiger partial charge in [0.15, 0.2) is 0 Å². The second-order valence-corrected chi connectivity index (χ2v) is 2.91. The van der Waals surface area contributed by atoms with Crippen molar-refractivity contribution in [2.45, 2.75) is 13.5 Å². The summed E-state index contributed by atoms with van der Waals surface area (Å²) in [7, 11) is 0. The zero-order valence-electron chi connectivity index (χ0n) is 8.11.